The van der Waals surface area contributed by atoms with Crippen molar-refractivity contribution in [3.8, 4) is 0 Å². The summed E-state index contributed by atoms with van der Waals surface area (Å²) in [4.78, 5) is 15.8. The van der Waals surface area contributed by atoms with E-state index in [1.54, 1.807) is 12.0 Å². The third-order valence-electron chi connectivity index (χ3n) is 3.20. The number of carbonyl (C=O) groups is 1. The maximum absolute atomic E-state index is 11.8. The SMILES string of the molecule is COCC(N)C(=O)N(C)CC1CCCN1C. The summed E-state index contributed by atoms with van der Waals surface area (Å²) in [5.74, 6) is -0.0397. The van der Waals surface area contributed by atoms with Crippen LogP contribution >= 0.6 is 0 Å². The molecule has 2 unspecified atom stereocenters. The van der Waals surface area contributed by atoms with Crippen LogP contribution in [0.1, 0.15) is 12.8 Å². The van der Waals surface area contributed by atoms with Crippen molar-refractivity contribution in [2.24, 2.45) is 5.73 Å². The van der Waals surface area contributed by atoms with Gasteiger partial charge < -0.3 is 20.3 Å². The molecule has 1 aliphatic heterocycles. The molecule has 0 radical (unpaired) electrons. The number of likely N-dealkylation sites (tertiary alicyclic amines) is 1. The molecule has 1 rings (SSSR count). The van der Waals surface area contributed by atoms with Crippen molar-refractivity contribution in [2.75, 3.05) is 40.9 Å². The maximum atomic E-state index is 11.8. The largest absolute Gasteiger partial charge is 0.383 e. The van der Waals surface area contributed by atoms with Crippen molar-refractivity contribution in [3.63, 3.8) is 0 Å². The normalized spacial score (nSPS) is 23.4. The van der Waals surface area contributed by atoms with Crippen LogP contribution in [0.3, 0.4) is 0 Å². The Morgan fingerprint density at radius 3 is 2.88 bits per heavy atom. The molecule has 0 spiro atoms. The van der Waals surface area contributed by atoms with Gasteiger partial charge in [0, 0.05) is 26.7 Å². The molecule has 1 saturated heterocycles. The molecule has 2 atom stereocenters. The molecule has 1 aliphatic rings. The van der Waals surface area contributed by atoms with Crippen LogP contribution in [0, 0.1) is 0 Å². The molecule has 0 aromatic carbocycles. The fraction of sp³-hybridized carbons (Fsp3) is 0.909. The number of methoxy groups -OCH3 is 1. The number of amides is 1. The molecule has 0 aromatic rings. The van der Waals surface area contributed by atoms with E-state index in [0.29, 0.717) is 6.04 Å². The molecule has 5 heteroatoms. The Balaban J connectivity index is 2.38. The number of hydrogen-bond acceptors (Lipinski definition) is 4. The number of nitrogens with two attached hydrogens (primary N) is 1. The van der Waals surface area contributed by atoms with Gasteiger partial charge in [-0.15, -0.1) is 0 Å². The standard InChI is InChI=1S/C11H23N3O2/c1-13-6-4-5-9(13)7-14(2)11(15)10(12)8-16-3/h9-10H,4-8,12H2,1-3H3. The summed E-state index contributed by atoms with van der Waals surface area (Å²) in [7, 11) is 5.47. The van der Waals surface area contributed by atoms with Gasteiger partial charge in [0.1, 0.15) is 6.04 Å². The molecule has 16 heavy (non-hydrogen) atoms. The lowest BCUT2D eigenvalue weighted by atomic mass is 10.2. The Morgan fingerprint density at radius 1 is 1.69 bits per heavy atom. The molecule has 0 saturated carbocycles. The van der Waals surface area contributed by atoms with Gasteiger partial charge in [0.15, 0.2) is 0 Å². The molecular weight excluding hydrogens is 206 g/mol. The van der Waals surface area contributed by atoms with E-state index in [1.807, 2.05) is 7.05 Å². The van der Waals surface area contributed by atoms with Crippen LogP contribution < -0.4 is 5.73 Å². The van der Waals surface area contributed by atoms with E-state index in [-0.39, 0.29) is 12.5 Å². The summed E-state index contributed by atoms with van der Waals surface area (Å²) in [6, 6.07) is -0.0644. The van der Waals surface area contributed by atoms with Crippen molar-refractivity contribution < 1.29 is 9.53 Å². The molecule has 1 fully saturated rings. The molecule has 0 aromatic heterocycles. The lowest BCUT2D eigenvalue weighted by molar-refractivity contribution is -0.133. The van der Waals surface area contributed by atoms with Gasteiger partial charge in [-0.05, 0) is 26.4 Å². The van der Waals surface area contributed by atoms with Crippen LogP contribution in [0.15, 0.2) is 0 Å². The average Bonchev–Trinajstić information content (AvgIpc) is 2.63. The molecular formula is C11H23N3O2. The lowest BCUT2D eigenvalue weighted by Gasteiger charge is -2.27. The number of nitrogens with zero attached hydrogens (tertiary/aromatic N) is 2. The fourth-order valence-corrected chi connectivity index (χ4v) is 2.15. The Bertz CT molecular complexity index is 235. The minimum absolute atomic E-state index is 0.0397. The van der Waals surface area contributed by atoms with Gasteiger partial charge >= 0.3 is 0 Å². The number of likely N-dealkylation sites (N-methyl/N-ethyl adjacent to an activating group) is 2. The summed E-state index contributed by atoms with van der Waals surface area (Å²) < 4.78 is 4.88. The summed E-state index contributed by atoms with van der Waals surface area (Å²) in [5.41, 5.74) is 5.71. The number of rotatable bonds is 5. The highest BCUT2D eigenvalue weighted by atomic mass is 16.5. The Kier molecular flexibility index (Phi) is 5.18. The van der Waals surface area contributed by atoms with Crippen molar-refractivity contribution in [1.82, 2.24) is 9.80 Å². The molecule has 0 bridgehead atoms. The maximum Gasteiger partial charge on any atom is 0.241 e. The predicted molar refractivity (Wildman–Crippen MR) is 63.1 cm³/mol. The van der Waals surface area contributed by atoms with Gasteiger partial charge in [-0.3, -0.25) is 4.79 Å². The second kappa shape index (κ2) is 6.18. The van der Waals surface area contributed by atoms with E-state index in [9.17, 15) is 4.79 Å². The second-order valence-corrected chi connectivity index (χ2v) is 4.56. The van der Waals surface area contributed by atoms with Gasteiger partial charge in [0.05, 0.1) is 6.61 Å². The van der Waals surface area contributed by atoms with E-state index in [2.05, 4.69) is 11.9 Å². The van der Waals surface area contributed by atoms with Crippen LogP contribution in [0.5, 0.6) is 0 Å². The van der Waals surface area contributed by atoms with Gasteiger partial charge in [-0.25, -0.2) is 0 Å². The van der Waals surface area contributed by atoms with E-state index < -0.39 is 6.04 Å². The van der Waals surface area contributed by atoms with E-state index in [4.69, 9.17) is 10.5 Å². The topological polar surface area (TPSA) is 58.8 Å². The van der Waals surface area contributed by atoms with Crippen LogP contribution in [-0.4, -0.2) is 68.7 Å². The number of ether oxygens (including phenoxy) is 1. The van der Waals surface area contributed by atoms with Gasteiger partial charge in [0.25, 0.3) is 0 Å². The highest BCUT2D eigenvalue weighted by Crippen LogP contribution is 2.15. The Morgan fingerprint density at radius 2 is 2.38 bits per heavy atom. The summed E-state index contributed by atoms with van der Waals surface area (Å²) in [5, 5.41) is 0. The third kappa shape index (κ3) is 3.43. The second-order valence-electron chi connectivity index (χ2n) is 4.56. The van der Waals surface area contributed by atoms with Crippen molar-refractivity contribution in [1.29, 1.82) is 0 Å². The van der Waals surface area contributed by atoms with Crippen molar-refractivity contribution in [2.45, 2.75) is 24.9 Å². The van der Waals surface area contributed by atoms with Crippen molar-refractivity contribution >= 4 is 5.91 Å². The number of carbonyl (C=O) groups excluding carboxylic acids is 1. The zero-order chi connectivity index (χ0) is 12.1. The first-order valence-corrected chi connectivity index (χ1v) is 5.76. The molecule has 2 N–H and O–H groups in total. The van der Waals surface area contributed by atoms with E-state index in [1.165, 1.54) is 6.42 Å². The highest BCUT2D eigenvalue weighted by Gasteiger charge is 2.25. The summed E-state index contributed by atoms with van der Waals surface area (Å²) in [6.07, 6.45) is 2.38. The van der Waals surface area contributed by atoms with Crippen molar-refractivity contribution in [3.05, 3.63) is 0 Å². The average molecular weight is 229 g/mol. The molecule has 5 nitrogen and oxygen atoms in total. The Hall–Kier alpha value is -0.650. The van der Waals surface area contributed by atoms with Gasteiger partial charge in [-0.1, -0.05) is 0 Å². The Labute approximate surface area is 97.5 Å². The van der Waals surface area contributed by atoms with Crippen LogP contribution in [-0.2, 0) is 9.53 Å². The minimum Gasteiger partial charge on any atom is -0.383 e. The van der Waals surface area contributed by atoms with E-state index >= 15 is 0 Å². The lowest BCUT2D eigenvalue weighted by Crippen LogP contribution is -2.48. The first-order chi connectivity index (χ1) is 7.56. The van der Waals surface area contributed by atoms with Crippen LogP contribution in [0.2, 0.25) is 0 Å². The minimum atomic E-state index is -0.540. The van der Waals surface area contributed by atoms with E-state index in [0.717, 1.165) is 19.5 Å². The zero-order valence-electron chi connectivity index (χ0n) is 10.5. The predicted octanol–water partition coefficient (Wildman–Crippen LogP) is -0.487. The molecule has 1 amide bonds. The van der Waals surface area contributed by atoms with Gasteiger partial charge in [0.2, 0.25) is 5.91 Å². The fourth-order valence-electron chi connectivity index (χ4n) is 2.15. The quantitative estimate of drug-likeness (QED) is 0.691. The third-order valence-corrected chi connectivity index (χ3v) is 3.20. The van der Waals surface area contributed by atoms with Crippen LogP contribution in [0.4, 0.5) is 0 Å². The number of hydrogen-bond donors (Lipinski definition) is 1. The first kappa shape index (κ1) is 13.4. The molecule has 0 aliphatic carbocycles. The monoisotopic (exact) mass is 229 g/mol. The molecule has 94 valence electrons. The molecule has 1 heterocycles. The highest BCUT2D eigenvalue weighted by molar-refractivity contribution is 5.81. The summed E-state index contributed by atoms with van der Waals surface area (Å²) >= 11 is 0. The van der Waals surface area contributed by atoms with Gasteiger partial charge in [-0.2, -0.15) is 0 Å². The first-order valence-electron chi connectivity index (χ1n) is 5.76. The van der Waals surface area contributed by atoms with Crippen LogP contribution in [0.25, 0.3) is 0 Å². The smallest absolute Gasteiger partial charge is 0.241 e. The zero-order valence-corrected chi connectivity index (χ0v) is 10.5. The summed E-state index contributed by atoms with van der Waals surface area (Å²) in [6.45, 7) is 2.16.